The van der Waals surface area contributed by atoms with E-state index in [1.807, 2.05) is 13.8 Å². The van der Waals surface area contributed by atoms with Gasteiger partial charge in [-0.25, -0.2) is 9.78 Å². The third-order valence-electron chi connectivity index (χ3n) is 2.71. The van der Waals surface area contributed by atoms with Crippen molar-refractivity contribution in [2.75, 3.05) is 12.4 Å². The maximum absolute atomic E-state index is 11.4. The Hall–Kier alpha value is -2.11. The molecule has 1 atom stereocenters. The van der Waals surface area contributed by atoms with Crippen LogP contribution in [0.2, 0.25) is 0 Å². The minimum Gasteiger partial charge on any atom is -0.481 e. The van der Waals surface area contributed by atoms with E-state index in [1.165, 1.54) is 13.3 Å². The lowest BCUT2D eigenvalue weighted by molar-refractivity contribution is -0.137. The molecule has 6 heteroatoms. The van der Waals surface area contributed by atoms with Crippen molar-refractivity contribution < 1.29 is 19.4 Å². The van der Waals surface area contributed by atoms with E-state index in [0.717, 1.165) is 0 Å². The van der Waals surface area contributed by atoms with Crippen LogP contribution in [0.5, 0.6) is 0 Å². The van der Waals surface area contributed by atoms with E-state index in [-0.39, 0.29) is 18.4 Å². The molecule has 0 radical (unpaired) electrons. The Kier molecular flexibility index (Phi) is 5.29. The molecule has 0 saturated heterocycles. The van der Waals surface area contributed by atoms with Crippen LogP contribution in [0.25, 0.3) is 0 Å². The zero-order valence-electron chi connectivity index (χ0n) is 11.2. The van der Waals surface area contributed by atoms with Gasteiger partial charge in [0.15, 0.2) is 0 Å². The number of carbonyl (C=O) groups excluding carboxylic acids is 1. The molecule has 0 aliphatic rings. The van der Waals surface area contributed by atoms with Gasteiger partial charge in [-0.15, -0.1) is 0 Å². The highest BCUT2D eigenvalue weighted by molar-refractivity contribution is 5.90. The number of hydrogen-bond donors (Lipinski definition) is 2. The van der Waals surface area contributed by atoms with Gasteiger partial charge >= 0.3 is 11.9 Å². The number of nitrogens with zero attached hydrogens (tertiary/aromatic N) is 1. The summed E-state index contributed by atoms with van der Waals surface area (Å²) in [6, 6.07) is 2.83. The average molecular weight is 266 g/mol. The molecule has 19 heavy (non-hydrogen) atoms. The lowest BCUT2D eigenvalue weighted by Gasteiger charge is -2.21. The normalized spacial score (nSPS) is 12.0. The summed E-state index contributed by atoms with van der Waals surface area (Å²) >= 11 is 0. The van der Waals surface area contributed by atoms with E-state index >= 15 is 0 Å². The third-order valence-corrected chi connectivity index (χ3v) is 2.71. The molecule has 0 amide bonds. The summed E-state index contributed by atoms with van der Waals surface area (Å²) in [7, 11) is 1.30. The van der Waals surface area contributed by atoms with Crippen LogP contribution in [0.15, 0.2) is 18.3 Å². The van der Waals surface area contributed by atoms with E-state index in [2.05, 4.69) is 15.0 Å². The van der Waals surface area contributed by atoms with Crippen LogP contribution in [0.1, 0.15) is 30.6 Å². The molecular weight excluding hydrogens is 248 g/mol. The molecule has 104 valence electrons. The number of esters is 1. The molecule has 0 bridgehead atoms. The number of pyridine rings is 1. The molecule has 0 spiro atoms. The Bertz CT molecular complexity index is 460. The van der Waals surface area contributed by atoms with Gasteiger partial charge in [-0.2, -0.15) is 0 Å². The topological polar surface area (TPSA) is 88.5 Å². The quantitative estimate of drug-likeness (QED) is 0.763. The van der Waals surface area contributed by atoms with Gasteiger partial charge in [-0.3, -0.25) is 4.79 Å². The SMILES string of the molecule is COC(=O)c1ccnc(NC(CC(=O)O)C(C)C)c1. The summed E-state index contributed by atoms with van der Waals surface area (Å²) in [5.74, 6) is -0.748. The van der Waals surface area contributed by atoms with Crippen LogP contribution in [0, 0.1) is 5.92 Å². The number of aliphatic carboxylic acids is 1. The van der Waals surface area contributed by atoms with Gasteiger partial charge in [0.05, 0.1) is 19.1 Å². The molecule has 1 aromatic heterocycles. The van der Waals surface area contributed by atoms with Crippen LogP contribution in [0.4, 0.5) is 5.82 Å². The molecule has 1 unspecified atom stereocenters. The molecule has 6 nitrogen and oxygen atoms in total. The number of hydrogen-bond acceptors (Lipinski definition) is 5. The number of methoxy groups -OCH3 is 1. The minimum absolute atomic E-state index is 0.0121. The van der Waals surface area contributed by atoms with Crippen molar-refractivity contribution in [3.05, 3.63) is 23.9 Å². The fraction of sp³-hybridized carbons (Fsp3) is 0.462. The maximum Gasteiger partial charge on any atom is 0.338 e. The fourth-order valence-electron chi connectivity index (χ4n) is 1.59. The van der Waals surface area contributed by atoms with Crippen molar-refractivity contribution in [3.8, 4) is 0 Å². The lowest BCUT2D eigenvalue weighted by atomic mass is 10.0. The summed E-state index contributed by atoms with van der Waals surface area (Å²) < 4.78 is 4.62. The second-order valence-electron chi connectivity index (χ2n) is 4.51. The number of aromatic nitrogens is 1. The summed E-state index contributed by atoms with van der Waals surface area (Å²) in [4.78, 5) is 26.3. The number of rotatable bonds is 6. The molecule has 0 saturated carbocycles. The second-order valence-corrected chi connectivity index (χ2v) is 4.51. The van der Waals surface area contributed by atoms with Crippen LogP contribution >= 0.6 is 0 Å². The third kappa shape index (κ3) is 4.57. The number of ether oxygens (including phenoxy) is 1. The van der Waals surface area contributed by atoms with Gasteiger partial charge in [-0.1, -0.05) is 13.8 Å². The predicted octanol–water partition coefficient (Wildman–Crippen LogP) is 1.78. The van der Waals surface area contributed by atoms with E-state index in [4.69, 9.17) is 5.11 Å². The number of carbonyl (C=O) groups is 2. The Balaban J connectivity index is 2.84. The Morgan fingerprint density at radius 2 is 2.16 bits per heavy atom. The van der Waals surface area contributed by atoms with Gasteiger partial charge in [-0.05, 0) is 18.1 Å². The van der Waals surface area contributed by atoms with Crippen LogP contribution in [-0.4, -0.2) is 35.2 Å². The van der Waals surface area contributed by atoms with E-state index in [9.17, 15) is 9.59 Å². The number of carboxylic acids is 1. The van der Waals surface area contributed by atoms with Crippen molar-refractivity contribution >= 4 is 17.8 Å². The van der Waals surface area contributed by atoms with Gasteiger partial charge in [0.1, 0.15) is 5.82 Å². The number of nitrogens with one attached hydrogen (secondary N) is 1. The summed E-state index contributed by atoms with van der Waals surface area (Å²) in [6.07, 6.45) is 1.47. The molecule has 0 aliphatic carbocycles. The van der Waals surface area contributed by atoms with Crippen LogP contribution in [-0.2, 0) is 9.53 Å². The summed E-state index contributed by atoms with van der Waals surface area (Å²) in [6.45, 7) is 3.84. The summed E-state index contributed by atoms with van der Waals surface area (Å²) in [5, 5.41) is 11.9. The maximum atomic E-state index is 11.4. The Morgan fingerprint density at radius 3 is 2.68 bits per heavy atom. The molecule has 1 aromatic rings. The molecule has 0 fully saturated rings. The first-order valence-electron chi connectivity index (χ1n) is 5.96. The summed E-state index contributed by atoms with van der Waals surface area (Å²) in [5.41, 5.74) is 0.373. The molecule has 0 aliphatic heterocycles. The molecule has 2 N–H and O–H groups in total. The fourth-order valence-corrected chi connectivity index (χ4v) is 1.59. The lowest BCUT2D eigenvalue weighted by Crippen LogP contribution is -2.29. The van der Waals surface area contributed by atoms with Crippen LogP contribution in [0.3, 0.4) is 0 Å². The van der Waals surface area contributed by atoms with E-state index in [1.54, 1.807) is 12.1 Å². The van der Waals surface area contributed by atoms with Gasteiger partial charge in [0.25, 0.3) is 0 Å². The highest BCUT2D eigenvalue weighted by atomic mass is 16.5. The highest BCUT2D eigenvalue weighted by Gasteiger charge is 2.18. The number of anilines is 1. The van der Waals surface area contributed by atoms with Crippen molar-refractivity contribution in [1.82, 2.24) is 4.98 Å². The van der Waals surface area contributed by atoms with Crippen LogP contribution < -0.4 is 5.32 Å². The van der Waals surface area contributed by atoms with Gasteiger partial charge < -0.3 is 15.2 Å². The Labute approximate surface area is 111 Å². The van der Waals surface area contributed by atoms with Crippen molar-refractivity contribution in [2.24, 2.45) is 5.92 Å². The zero-order valence-corrected chi connectivity index (χ0v) is 11.2. The first kappa shape index (κ1) is 14.9. The van der Waals surface area contributed by atoms with Gasteiger partial charge in [0, 0.05) is 12.2 Å². The van der Waals surface area contributed by atoms with E-state index < -0.39 is 11.9 Å². The molecule has 1 heterocycles. The predicted molar refractivity (Wildman–Crippen MR) is 70.1 cm³/mol. The molecule has 0 aromatic carbocycles. The minimum atomic E-state index is -0.879. The average Bonchev–Trinajstić information content (AvgIpc) is 2.36. The van der Waals surface area contributed by atoms with Gasteiger partial charge in [0.2, 0.25) is 0 Å². The molecule has 1 rings (SSSR count). The standard InChI is InChI=1S/C13H18N2O4/c1-8(2)10(7-12(16)17)15-11-6-9(4-5-14-11)13(18)19-3/h4-6,8,10H,7H2,1-3H3,(H,14,15)(H,16,17). The zero-order chi connectivity index (χ0) is 14.4. The largest absolute Gasteiger partial charge is 0.481 e. The first-order valence-corrected chi connectivity index (χ1v) is 5.96. The molecular formula is C13H18N2O4. The van der Waals surface area contributed by atoms with Crippen molar-refractivity contribution in [3.63, 3.8) is 0 Å². The number of carboxylic acid groups (broad SMARTS) is 1. The Morgan fingerprint density at radius 1 is 1.47 bits per heavy atom. The smallest absolute Gasteiger partial charge is 0.338 e. The van der Waals surface area contributed by atoms with Crippen molar-refractivity contribution in [2.45, 2.75) is 26.3 Å². The highest BCUT2D eigenvalue weighted by Crippen LogP contribution is 2.15. The van der Waals surface area contributed by atoms with E-state index in [0.29, 0.717) is 11.4 Å². The first-order chi connectivity index (χ1) is 8.93. The second kappa shape index (κ2) is 6.72. The monoisotopic (exact) mass is 266 g/mol. The van der Waals surface area contributed by atoms with Crippen molar-refractivity contribution in [1.29, 1.82) is 0 Å².